The van der Waals surface area contributed by atoms with Gasteiger partial charge in [0.25, 0.3) is 0 Å². The van der Waals surface area contributed by atoms with Gasteiger partial charge in [-0.2, -0.15) is 0 Å². The maximum absolute atomic E-state index is 13.4. The summed E-state index contributed by atoms with van der Waals surface area (Å²) < 4.78 is 44.1. The Morgan fingerprint density at radius 1 is 1.03 bits per heavy atom. The largest absolute Gasteiger partial charge is 0.480 e. The molecule has 7 heteroatoms. The highest BCUT2D eigenvalue weighted by Gasteiger charge is 2.50. The van der Waals surface area contributed by atoms with Gasteiger partial charge in [-0.3, -0.25) is 0 Å². The monoisotopic (exact) mass is 418 g/mol. The average Bonchev–Trinajstić information content (AvgIpc) is 2.72. The van der Waals surface area contributed by atoms with E-state index >= 15 is 0 Å². The molecule has 0 aromatic heterocycles. The van der Waals surface area contributed by atoms with E-state index < -0.39 is 23.2 Å². The second kappa shape index (κ2) is 8.32. The number of fused-ring (bicyclic) bond motifs is 3. The lowest BCUT2D eigenvalue weighted by Gasteiger charge is -2.53. The van der Waals surface area contributed by atoms with Crippen LogP contribution in [0.15, 0.2) is 42.5 Å². The zero-order valence-electron chi connectivity index (χ0n) is 16.5. The number of rotatable bonds is 8. The number of halogens is 2. The van der Waals surface area contributed by atoms with Crippen molar-refractivity contribution in [2.45, 2.75) is 37.7 Å². The van der Waals surface area contributed by atoms with Crippen molar-refractivity contribution < 1.29 is 32.9 Å². The number of carboxylic acids is 1. The second-order valence-corrected chi connectivity index (χ2v) is 8.21. The molecule has 2 aromatic rings. The number of benzene rings is 2. The molecule has 0 radical (unpaired) electrons. The molecule has 2 bridgehead atoms. The minimum atomic E-state index is -0.960. The van der Waals surface area contributed by atoms with Crippen LogP contribution < -0.4 is 4.74 Å². The van der Waals surface area contributed by atoms with Gasteiger partial charge in [-0.25, -0.2) is 13.6 Å². The minimum absolute atomic E-state index is 0.0352. The molecule has 160 valence electrons. The molecule has 5 rings (SSSR count). The van der Waals surface area contributed by atoms with Crippen LogP contribution in [0.4, 0.5) is 8.78 Å². The molecule has 3 aliphatic rings. The normalized spacial score (nSPS) is 25.3. The molecule has 1 aliphatic carbocycles. The second-order valence-electron chi connectivity index (χ2n) is 8.21. The summed E-state index contributed by atoms with van der Waals surface area (Å²) in [7, 11) is 0. The van der Waals surface area contributed by atoms with Gasteiger partial charge >= 0.3 is 5.97 Å². The van der Waals surface area contributed by atoms with Crippen molar-refractivity contribution >= 4 is 5.97 Å². The first kappa shape index (κ1) is 20.8. The maximum atomic E-state index is 13.4. The van der Waals surface area contributed by atoms with Crippen LogP contribution in [0, 0.1) is 17.0 Å². The van der Waals surface area contributed by atoms with Gasteiger partial charge in [0.1, 0.15) is 29.7 Å². The van der Waals surface area contributed by atoms with Gasteiger partial charge < -0.3 is 19.3 Å². The van der Waals surface area contributed by atoms with E-state index in [2.05, 4.69) is 0 Å². The molecule has 0 spiro atoms. The lowest BCUT2D eigenvalue weighted by Crippen LogP contribution is -2.49. The predicted octanol–water partition coefficient (Wildman–Crippen LogP) is 5.03. The van der Waals surface area contributed by atoms with Crippen LogP contribution in [0.5, 0.6) is 11.5 Å². The summed E-state index contributed by atoms with van der Waals surface area (Å²) in [6.45, 7) is 0.739. The number of ether oxygens (including phenoxy) is 3. The Morgan fingerprint density at radius 2 is 1.77 bits per heavy atom. The van der Waals surface area contributed by atoms with Gasteiger partial charge in [-0.1, -0.05) is 12.1 Å². The molecule has 0 unspecified atom stereocenters. The van der Waals surface area contributed by atoms with E-state index in [0.717, 1.165) is 55.9 Å². The molecule has 5 nitrogen and oxygen atoms in total. The smallest absolute Gasteiger partial charge is 0.329 e. The standard InChI is InChI=1S/C23H24F2O5/c24-17-11-18(25)13-20(12-17)30-19-3-1-2-16(10-19)23-6-4-22(5-7-23,15-29-23)8-9-28-14-21(26)27/h1-3,10-13H,4-9,14-15H2,(H,26,27). The lowest BCUT2D eigenvalue weighted by atomic mass is 9.63. The summed E-state index contributed by atoms with van der Waals surface area (Å²) in [6.07, 6.45) is 4.44. The quantitative estimate of drug-likeness (QED) is 0.609. The summed E-state index contributed by atoms with van der Waals surface area (Å²) in [5, 5.41) is 8.69. The fraction of sp³-hybridized carbons (Fsp3) is 0.435. The van der Waals surface area contributed by atoms with Crippen LogP contribution in [0.1, 0.15) is 37.7 Å². The number of hydrogen-bond donors (Lipinski definition) is 1. The molecule has 0 atom stereocenters. The van der Waals surface area contributed by atoms with Gasteiger partial charge in [0.05, 0.1) is 12.2 Å². The Balaban J connectivity index is 1.42. The van der Waals surface area contributed by atoms with E-state index in [-0.39, 0.29) is 17.8 Å². The third-order valence-corrected chi connectivity index (χ3v) is 6.21. The SMILES string of the molecule is O=C(O)COCCC12CCC(c3cccc(Oc4cc(F)cc(F)c4)c3)(CC1)OC2. The van der Waals surface area contributed by atoms with E-state index in [4.69, 9.17) is 19.3 Å². The van der Waals surface area contributed by atoms with Crippen LogP contribution in [-0.4, -0.2) is 30.9 Å². The Bertz CT molecular complexity index is 885. The van der Waals surface area contributed by atoms with Gasteiger partial charge in [0.2, 0.25) is 0 Å². The van der Waals surface area contributed by atoms with Crippen LogP contribution in [0.2, 0.25) is 0 Å². The van der Waals surface area contributed by atoms with E-state index in [1.807, 2.05) is 18.2 Å². The Kier molecular flexibility index (Phi) is 5.75. The molecule has 1 N–H and O–H groups in total. The number of carboxylic acid groups (broad SMARTS) is 1. The van der Waals surface area contributed by atoms with Crippen molar-refractivity contribution in [2.75, 3.05) is 19.8 Å². The zero-order valence-corrected chi connectivity index (χ0v) is 16.5. The maximum Gasteiger partial charge on any atom is 0.329 e. The predicted molar refractivity (Wildman–Crippen MR) is 104 cm³/mol. The van der Waals surface area contributed by atoms with Crippen molar-refractivity contribution in [1.29, 1.82) is 0 Å². The van der Waals surface area contributed by atoms with Crippen LogP contribution in [-0.2, 0) is 19.9 Å². The summed E-state index contributed by atoms with van der Waals surface area (Å²) in [5.74, 6) is -1.73. The third kappa shape index (κ3) is 4.47. The number of aliphatic carboxylic acids is 1. The summed E-state index contributed by atoms with van der Waals surface area (Å²) in [4.78, 5) is 10.6. The van der Waals surface area contributed by atoms with Crippen molar-refractivity contribution in [3.8, 4) is 11.5 Å². The highest BCUT2D eigenvalue weighted by molar-refractivity contribution is 5.67. The Labute approximate surface area is 173 Å². The number of carbonyl (C=O) groups is 1. The lowest BCUT2D eigenvalue weighted by molar-refractivity contribution is -0.194. The molecule has 2 aromatic carbocycles. The molecule has 2 aliphatic heterocycles. The van der Waals surface area contributed by atoms with Crippen LogP contribution in [0.25, 0.3) is 0 Å². The van der Waals surface area contributed by atoms with Gasteiger partial charge in [0, 0.05) is 24.8 Å². The van der Waals surface area contributed by atoms with Crippen molar-refractivity contribution in [1.82, 2.24) is 0 Å². The summed E-state index contributed by atoms with van der Waals surface area (Å²) in [5.41, 5.74) is 0.635. The molecule has 2 saturated heterocycles. The summed E-state index contributed by atoms with van der Waals surface area (Å²) >= 11 is 0. The van der Waals surface area contributed by atoms with E-state index in [1.54, 1.807) is 6.07 Å². The minimum Gasteiger partial charge on any atom is -0.480 e. The first-order chi connectivity index (χ1) is 14.4. The van der Waals surface area contributed by atoms with Crippen molar-refractivity contribution in [2.24, 2.45) is 5.41 Å². The topological polar surface area (TPSA) is 65.0 Å². The molecule has 2 heterocycles. The molecular weight excluding hydrogens is 394 g/mol. The zero-order chi connectivity index (χ0) is 21.2. The Hall–Kier alpha value is -2.51. The first-order valence-corrected chi connectivity index (χ1v) is 10.1. The molecular formula is C23H24F2O5. The van der Waals surface area contributed by atoms with Crippen LogP contribution in [0.3, 0.4) is 0 Å². The summed E-state index contributed by atoms with van der Waals surface area (Å²) in [6, 6.07) is 10.6. The third-order valence-electron chi connectivity index (χ3n) is 6.21. The first-order valence-electron chi connectivity index (χ1n) is 10.1. The Morgan fingerprint density at radius 3 is 2.40 bits per heavy atom. The highest BCUT2D eigenvalue weighted by atomic mass is 19.1. The average molecular weight is 418 g/mol. The van der Waals surface area contributed by atoms with E-state index in [0.29, 0.717) is 19.0 Å². The van der Waals surface area contributed by atoms with Gasteiger partial charge in [-0.05, 0) is 55.2 Å². The van der Waals surface area contributed by atoms with E-state index in [1.165, 1.54) is 0 Å². The van der Waals surface area contributed by atoms with Gasteiger partial charge in [0.15, 0.2) is 0 Å². The fourth-order valence-electron chi connectivity index (χ4n) is 4.47. The molecule has 3 fully saturated rings. The molecule has 1 saturated carbocycles. The van der Waals surface area contributed by atoms with E-state index in [9.17, 15) is 13.6 Å². The van der Waals surface area contributed by atoms with Crippen molar-refractivity contribution in [3.05, 3.63) is 59.7 Å². The van der Waals surface area contributed by atoms with Gasteiger partial charge in [-0.15, -0.1) is 0 Å². The van der Waals surface area contributed by atoms with Crippen molar-refractivity contribution in [3.63, 3.8) is 0 Å². The molecule has 0 amide bonds. The number of hydrogen-bond acceptors (Lipinski definition) is 4. The molecule has 30 heavy (non-hydrogen) atoms. The van der Waals surface area contributed by atoms with Crippen LogP contribution >= 0.6 is 0 Å². The highest BCUT2D eigenvalue weighted by Crippen LogP contribution is 2.55. The fourth-order valence-corrected chi connectivity index (χ4v) is 4.47.